The molecule has 0 spiro atoms. The molecule has 1 fully saturated rings. The number of aromatic hydroxyl groups is 1. The van der Waals surface area contributed by atoms with Crippen LogP contribution in [0.3, 0.4) is 0 Å². The van der Waals surface area contributed by atoms with Crippen LogP contribution in [0, 0.1) is 0 Å². The average Bonchev–Trinajstić information content (AvgIpc) is 3.11. The zero-order chi connectivity index (χ0) is 24.7. The molecule has 0 unspecified atom stereocenters. The van der Waals surface area contributed by atoms with Gasteiger partial charge in [-0.05, 0) is 13.8 Å². The van der Waals surface area contributed by atoms with Gasteiger partial charge in [-0.2, -0.15) is 13.1 Å². The average molecular weight is 502 g/mol. The van der Waals surface area contributed by atoms with E-state index in [2.05, 4.69) is 15.5 Å². The fourth-order valence-electron chi connectivity index (χ4n) is 3.03. The standard InChI is InChI=1S/C16H18N6O9S2/c1-16(2)12(14(26)22(16)33(28,29)30)19-13(25)11(8-6-32-15(17)18-8)20-31-5-7-3-9(23)10(24)4-21(7)27/h3-4,6,12,24,27H,5H2,1-2H3,(H2,17,18)(H,19,25)(H,28,29,30)/t12-/m1/s1. The minimum absolute atomic E-state index is 0.0293. The molecule has 0 radical (unpaired) electrons. The van der Waals surface area contributed by atoms with Gasteiger partial charge < -0.3 is 26.2 Å². The molecule has 15 nitrogen and oxygen atoms in total. The minimum atomic E-state index is -4.84. The highest BCUT2D eigenvalue weighted by Gasteiger charge is 2.60. The number of nitrogens with zero attached hydrogens (tertiary/aromatic N) is 4. The van der Waals surface area contributed by atoms with Gasteiger partial charge in [0.25, 0.3) is 11.8 Å². The van der Waals surface area contributed by atoms with Crippen molar-refractivity contribution in [1.29, 1.82) is 0 Å². The molecule has 17 heteroatoms. The first kappa shape index (κ1) is 24.0. The molecule has 3 heterocycles. The van der Waals surface area contributed by atoms with E-state index in [0.717, 1.165) is 23.6 Å². The van der Waals surface area contributed by atoms with Gasteiger partial charge in [-0.25, -0.2) is 9.29 Å². The zero-order valence-electron chi connectivity index (χ0n) is 17.0. The maximum atomic E-state index is 12.8. The Hall–Kier alpha value is -3.70. The predicted molar refractivity (Wildman–Crippen MR) is 112 cm³/mol. The third-order valence-corrected chi connectivity index (χ3v) is 6.41. The van der Waals surface area contributed by atoms with E-state index in [9.17, 15) is 37.7 Å². The van der Waals surface area contributed by atoms with Crippen LogP contribution in [0.5, 0.6) is 5.75 Å². The van der Waals surface area contributed by atoms with Crippen LogP contribution in [0.25, 0.3) is 0 Å². The lowest BCUT2D eigenvalue weighted by Gasteiger charge is -2.50. The smallest absolute Gasteiger partial charge is 0.362 e. The van der Waals surface area contributed by atoms with Gasteiger partial charge in [0.2, 0.25) is 5.43 Å². The fourth-order valence-corrected chi connectivity index (χ4v) is 4.61. The Kier molecular flexibility index (Phi) is 6.05. The molecule has 0 bridgehead atoms. The Morgan fingerprint density at radius 1 is 1.42 bits per heavy atom. The number of carbonyl (C=O) groups excluding carboxylic acids is 2. The molecule has 6 N–H and O–H groups in total. The molecule has 2 aromatic heterocycles. The van der Waals surface area contributed by atoms with E-state index >= 15 is 0 Å². The van der Waals surface area contributed by atoms with Crippen molar-refractivity contribution in [3.05, 3.63) is 39.3 Å². The third kappa shape index (κ3) is 4.59. The van der Waals surface area contributed by atoms with Crippen molar-refractivity contribution in [3.8, 4) is 5.75 Å². The van der Waals surface area contributed by atoms with Gasteiger partial charge in [-0.1, -0.05) is 5.16 Å². The number of nitrogens with two attached hydrogens (primary N) is 1. The summed E-state index contributed by atoms with van der Waals surface area (Å²) in [4.78, 5) is 45.5. The first-order chi connectivity index (χ1) is 15.2. The molecule has 2 amide bonds. The summed E-state index contributed by atoms with van der Waals surface area (Å²) in [7, 11) is -4.84. The molecule has 0 aromatic carbocycles. The Balaban J connectivity index is 1.83. The molecule has 1 aliphatic rings. The highest BCUT2D eigenvalue weighted by atomic mass is 32.2. The summed E-state index contributed by atoms with van der Waals surface area (Å²) in [5, 5.41) is 26.4. The van der Waals surface area contributed by atoms with E-state index < -0.39 is 57.2 Å². The van der Waals surface area contributed by atoms with Crippen LogP contribution in [0.15, 0.2) is 27.6 Å². The van der Waals surface area contributed by atoms with Crippen molar-refractivity contribution in [1.82, 2.24) is 19.3 Å². The van der Waals surface area contributed by atoms with Crippen LogP contribution in [0.4, 0.5) is 5.13 Å². The lowest BCUT2D eigenvalue weighted by atomic mass is 9.85. The molecule has 1 aliphatic heterocycles. The highest BCUT2D eigenvalue weighted by molar-refractivity contribution is 7.84. The van der Waals surface area contributed by atoms with Crippen molar-refractivity contribution in [2.75, 3.05) is 5.73 Å². The summed E-state index contributed by atoms with van der Waals surface area (Å²) in [5.74, 6) is -2.74. The number of anilines is 1. The summed E-state index contributed by atoms with van der Waals surface area (Å²) in [5.41, 5.74) is 2.73. The topological polar surface area (TPSA) is 227 Å². The van der Waals surface area contributed by atoms with E-state index in [1.807, 2.05) is 0 Å². The number of nitrogen functional groups attached to an aromatic ring is 1. The van der Waals surface area contributed by atoms with Crippen LogP contribution in [-0.4, -0.2) is 66.4 Å². The van der Waals surface area contributed by atoms with Crippen molar-refractivity contribution < 1.29 is 37.7 Å². The lowest BCUT2D eigenvalue weighted by molar-refractivity contribution is -0.151. The molecular weight excluding hydrogens is 484 g/mol. The quantitative estimate of drug-likeness (QED) is 0.0978. The second kappa shape index (κ2) is 8.34. The van der Waals surface area contributed by atoms with Gasteiger partial charge in [0.05, 0.1) is 11.7 Å². The van der Waals surface area contributed by atoms with Crippen LogP contribution in [-0.2, 0) is 31.3 Å². The van der Waals surface area contributed by atoms with Gasteiger partial charge in [-0.3, -0.25) is 18.9 Å². The summed E-state index contributed by atoms with van der Waals surface area (Å²) >= 11 is 0.978. The Bertz CT molecular complexity index is 1310. The van der Waals surface area contributed by atoms with Crippen molar-refractivity contribution in [2.45, 2.75) is 32.0 Å². The number of rotatable bonds is 7. The number of β-lactam (4-membered cyclic amide) rings is 1. The molecule has 3 rings (SSSR count). The van der Waals surface area contributed by atoms with Gasteiger partial charge in [0.1, 0.15) is 17.4 Å². The van der Waals surface area contributed by atoms with Crippen LogP contribution < -0.4 is 16.5 Å². The first-order valence-electron chi connectivity index (χ1n) is 8.91. The second-order valence-electron chi connectivity index (χ2n) is 7.28. The highest BCUT2D eigenvalue weighted by Crippen LogP contribution is 2.34. The molecule has 33 heavy (non-hydrogen) atoms. The summed E-state index contributed by atoms with van der Waals surface area (Å²) in [6.07, 6.45) is 0.741. The van der Waals surface area contributed by atoms with Gasteiger partial charge >= 0.3 is 10.3 Å². The number of oxime groups is 1. The van der Waals surface area contributed by atoms with E-state index in [0.29, 0.717) is 4.73 Å². The Labute approximate surface area is 189 Å². The zero-order valence-corrected chi connectivity index (χ0v) is 18.6. The number of thiazole rings is 1. The lowest BCUT2D eigenvalue weighted by Crippen LogP contribution is -2.77. The molecular formula is C16H18N6O9S2. The number of pyridine rings is 1. The number of aromatic nitrogens is 2. The number of amides is 2. The van der Waals surface area contributed by atoms with E-state index in [-0.39, 0.29) is 20.8 Å². The summed E-state index contributed by atoms with van der Waals surface area (Å²) < 4.78 is 32.7. The van der Waals surface area contributed by atoms with E-state index in [1.54, 1.807) is 0 Å². The predicted octanol–water partition coefficient (Wildman–Crippen LogP) is -1.34. The van der Waals surface area contributed by atoms with Gasteiger partial charge in [0.15, 0.2) is 23.2 Å². The maximum absolute atomic E-state index is 12.8. The largest absolute Gasteiger partial charge is 0.503 e. The van der Waals surface area contributed by atoms with Gasteiger partial charge in [0, 0.05) is 11.4 Å². The Morgan fingerprint density at radius 2 is 2.09 bits per heavy atom. The van der Waals surface area contributed by atoms with Crippen LogP contribution >= 0.6 is 11.3 Å². The van der Waals surface area contributed by atoms with Crippen LogP contribution in [0.2, 0.25) is 0 Å². The summed E-state index contributed by atoms with van der Waals surface area (Å²) in [6, 6.07) is -0.446. The Morgan fingerprint density at radius 3 is 2.64 bits per heavy atom. The van der Waals surface area contributed by atoms with Crippen molar-refractivity contribution in [3.63, 3.8) is 0 Å². The van der Waals surface area contributed by atoms with E-state index in [4.69, 9.17) is 10.6 Å². The maximum Gasteiger partial charge on any atom is 0.362 e. The first-order valence-corrected chi connectivity index (χ1v) is 11.2. The second-order valence-corrected chi connectivity index (χ2v) is 9.43. The van der Waals surface area contributed by atoms with Crippen molar-refractivity contribution in [2.24, 2.45) is 5.16 Å². The number of hydrogen-bond acceptors (Lipinski definition) is 12. The van der Waals surface area contributed by atoms with Gasteiger partial charge in [-0.15, -0.1) is 11.3 Å². The SMILES string of the molecule is CC1(C)[C@H](NC(=O)C(=NOCc2cc(=O)c(O)cn2O)c2csc(N)n2)C(=O)N1S(=O)(=O)O. The third-order valence-electron chi connectivity index (χ3n) is 4.62. The molecule has 1 atom stereocenters. The summed E-state index contributed by atoms with van der Waals surface area (Å²) in [6.45, 7) is 2.12. The normalized spacial score (nSPS) is 18.0. The number of nitrogens with one attached hydrogen (secondary N) is 1. The molecule has 0 aliphatic carbocycles. The molecule has 0 saturated carbocycles. The molecule has 178 valence electrons. The fraction of sp³-hybridized carbons (Fsp3) is 0.312. The molecule has 2 aromatic rings. The van der Waals surface area contributed by atoms with E-state index in [1.165, 1.54) is 19.2 Å². The van der Waals surface area contributed by atoms with Crippen LogP contribution in [0.1, 0.15) is 25.2 Å². The number of carbonyl (C=O) groups is 2. The molecule has 1 saturated heterocycles. The van der Waals surface area contributed by atoms with Crippen molar-refractivity contribution >= 4 is 44.3 Å². The minimum Gasteiger partial charge on any atom is -0.503 e. The number of hydrogen-bond donors (Lipinski definition) is 5. The monoisotopic (exact) mass is 502 g/mol.